The maximum atomic E-state index is 14.4. The molecule has 0 heterocycles. The van der Waals surface area contributed by atoms with Crippen molar-refractivity contribution in [2.75, 3.05) is 24.2 Å². The molecule has 0 unspecified atom stereocenters. The predicted octanol–water partition coefficient (Wildman–Crippen LogP) is 4.37. The summed E-state index contributed by atoms with van der Waals surface area (Å²) in [6.45, 7) is 6.96. The summed E-state index contributed by atoms with van der Waals surface area (Å²) in [6.07, 6.45) is 1.17. The van der Waals surface area contributed by atoms with Gasteiger partial charge in [-0.1, -0.05) is 29.8 Å². The van der Waals surface area contributed by atoms with Crippen LogP contribution in [0.15, 0.2) is 42.5 Å². The number of hydrogen-bond acceptors (Lipinski definition) is 5. The van der Waals surface area contributed by atoms with E-state index in [9.17, 15) is 22.4 Å². The maximum absolute atomic E-state index is 14.4. The van der Waals surface area contributed by atoms with Crippen LogP contribution in [0.4, 0.5) is 10.1 Å². The van der Waals surface area contributed by atoms with Crippen molar-refractivity contribution in [2.45, 2.75) is 58.7 Å². The van der Waals surface area contributed by atoms with Crippen LogP contribution in [0.3, 0.4) is 0 Å². The lowest BCUT2D eigenvalue weighted by Gasteiger charge is -2.32. The molecule has 0 aromatic heterocycles. The van der Waals surface area contributed by atoms with Crippen LogP contribution in [-0.2, 0) is 26.2 Å². The number of nitrogens with zero attached hydrogens (tertiary/aromatic N) is 2. The molecule has 2 rings (SSSR count). The lowest BCUT2D eigenvalue weighted by Crippen LogP contribution is -2.52. The van der Waals surface area contributed by atoms with Gasteiger partial charge in [0, 0.05) is 30.6 Å². The molecule has 0 fully saturated rings. The average molecular weight is 556 g/mol. The maximum Gasteiger partial charge on any atom is 0.242 e. The molecule has 0 spiro atoms. The molecule has 0 aliphatic carbocycles. The fourth-order valence-electron chi connectivity index (χ4n) is 3.68. The summed E-state index contributed by atoms with van der Waals surface area (Å²) in [7, 11) is -2.23. The molecule has 0 saturated heterocycles. The van der Waals surface area contributed by atoms with E-state index in [-0.39, 0.29) is 42.4 Å². The third-order valence-corrected chi connectivity index (χ3v) is 7.03. The Morgan fingerprint density at radius 3 is 2.35 bits per heavy atom. The van der Waals surface area contributed by atoms with E-state index in [0.717, 1.165) is 10.6 Å². The van der Waals surface area contributed by atoms with Crippen LogP contribution in [0, 0.1) is 5.82 Å². The lowest BCUT2D eigenvalue weighted by atomic mass is 10.1. The number of methoxy groups -OCH3 is 1. The Morgan fingerprint density at radius 2 is 1.81 bits per heavy atom. The number of rotatable bonds is 11. The van der Waals surface area contributed by atoms with Gasteiger partial charge in [-0.3, -0.25) is 13.9 Å². The van der Waals surface area contributed by atoms with E-state index in [4.69, 9.17) is 16.3 Å². The van der Waals surface area contributed by atoms with Gasteiger partial charge < -0.3 is 15.0 Å². The quantitative estimate of drug-likeness (QED) is 0.444. The average Bonchev–Trinajstić information content (AvgIpc) is 2.78. The Hall–Kier alpha value is -2.85. The van der Waals surface area contributed by atoms with Gasteiger partial charge in [-0.2, -0.15) is 0 Å². The first-order valence-electron chi connectivity index (χ1n) is 11.8. The number of carbonyl (C=O) groups is 2. The monoisotopic (exact) mass is 555 g/mol. The van der Waals surface area contributed by atoms with Crippen LogP contribution in [-0.4, -0.2) is 56.6 Å². The van der Waals surface area contributed by atoms with E-state index in [1.54, 1.807) is 37.3 Å². The zero-order valence-corrected chi connectivity index (χ0v) is 23.6. The van der Waals surface area contributed by atoms with E-state index in [2.05, 4.69) is 5.32 Å². The summed E-state index contributed by atoms with van der Waals surface area (Å²) in [6, 6.07) is 9.79. The number of sulfonamides is 1. The number of benzene rings is 2. The fourth-order valence-corrected chi connectivity index (χ4v) is 4.89. The molecular weight excluding hydrogens is 521 g/mol. The van der Waals surface area contributed by atoms with Crippen LogP contribution >= 0.6 is 11.6 Å². The highest BCUT2D eigenvalue weighted by Gasteiger charge is 2.29. The minimum absolute atomic E-state index is 0.00331. The molecule has 0 aliphatic rings. The summed E-state index contributed by atoms with van der Waals surface area (Å²) in [5, 5.41) is 3.10. The van der Waals surface area contributed by atoms with Crippen LogP contribution in [0.2, 0.25) is 5.02 Å². The third-order valence-electron chi connectivity index (χ3n) is 5.54. The molecule has 8 nitrogen and oxygen atoms in total. The molecule has 37 heavy (non-hydrogen) atoms. The van der Waals surface area contributed by atoms with Crippen molar-refractivity contribution in [3.05, 3.63) is 58.9 Å². The Bertz CT molecular complexity index is 1220. The highest BCUT2D eigenvalue weighted by atomic mass is 35.5. The van der Waals surface area contributed by atoms with Gasteiger partial charge in [-0.05, 0) is 58.4 Å². The SMILES string of the molecule is COc1ccc(N(CCCC(=O)N(Cc2ccccc2F)[C@H](C)C(=O)NC(C)(C)C)S(C)(=O)=O)cc1Cl. The second kappa shape index (κ2) is 12.6. The lowest BCUT2D eigenvalue weighted by molar-refractivity contribution is -0.141. The van der Waals surface area contributed by atoms with Crippen molar-refractivity contribution >= 4 is 39.1 Å². The number of halogens is 2. The molecule has 11 heteroatoms. The molecule has 0 radical (unpaired) electrons. The second-order valence-corrected chi connectivity index (χ2v) is 12.1. The molecule has 2 amide bonds. The minimum Gasteiger partial charge on any atom is -0.495 e. The fraction of sp³-hybridized carbons (Fsp3) is 0.462. The van der Waals surface area contributed by atoms with E-state index in [1.807, 2.05) is 20.8 Å². The van der Waals surface area contributed by atoms with Gasteiger partial charge in [0.25, 0.3) is 0 Å². The first kappa shape index (κ1) is 30.4. The van der Waals surface area contributed by atoms with Crippen LogP contribution in [0.25, 0.3) is 0 Å². The van der Waals surface area contributed by atoms with Crippen molar-refractivity contribution in [1.82, 2.24) is 10.2 Å². The van der Waals surface area contributed by atoms with Gasteiger partial charge in [0.05, 0.1) is 24.1 Å². The summed E-state index contributed by atoms with van der Waals surface area (Å²) in [4.78, 5) is 27.5. The smallest absolute Gasteiger partial charge is 0.242 e. The zero-order chi connectivity index (χ0) is 28.0. The standard InChI is InChI=1S/C26H35ClFN3O5S/c1-18(25(33)29-26(2,3)4)30(17-19-10-7-8-11-22(19)28)24(32)12-9-15-31(37(6,34)35)20-13-14-23(36-5)21(27)16-20/h7-8,10-11,13-14,16,18H,9,12,15,17H2,1-6H3,(H,29,33)/t18-/m1/s1. The van der Waals surface area contributed by atoms with Gasteiger partial charge in [0.2, 0.25) is 21.8 Å². The van der Waals surface area contributed by atoms with Crippen LogP contribution in [0.5, 0.6) is 5.75 Å². The number of amides is 2. The summed E-state index contributed by atoms with van der Waals surface area (Å²) < 4.78 is 45.6. The second-order valence-electron chi connectivity index (χ2n) is 9.79. The van der Waals surface area contributed by atoms with E-state index in [1.165, 1.54) is 24.1 Å². The number of ether oxygens (including phenoxy) is 1. The molecule has 0 aliphatic heterocycles. The van der Waals surface area contributed by atoms with Gasteiger partial charge in [0.1, 0.15) is 17.6 Å². The van der Waals surface area contributed by atoms with Crippen LogP contribution in [0.1, 0.15) is 46.1 Å². The third kappa shape index (κ3) is 8.89. The van der Waals surface area contributed by atoms with E-state index < -0.39 is 33.3 Å². The Morgan fingerprint density at radius 1 is 1.16 bits per heavy atom. The predicted molar refractivity (Wildman–Crippen MR) is 144 cm³/mol. The normalized spacial score (nSPS) is 12.5. The largest absolute Gasteiger partial charge is 0.495 e. The molecule has 1 atom stereocenters. The molecule has 0 bridgehead atoms. The molecule has 2 aromatic carbocycles. The van der Waals surface area contributed by atoms with Gasteiger partial charge in [-0.25, -0.2) is 12.8 Å². The Kier molecular flexibility index (Phi) is 10.3. The zero-order valence-electron chi connectivity index (χ0n) is 22.0. The number of nitrogens with one attached hydrogen (secondary N) is 1. The molecule has 1 N–H and O–H groups in total. The van der Waals surface area contributed by atoms with Gasteiger partial charge >= 0.3 is 0 Å². The molecular formula is C26H35ClFN3O5S. The number of hydrogen-bond donors (Lipinski definition) is 1. The van der Waals surface area contributed by atoms with Crippen molar-refractivity contribution in [1.29, 1.82) is 0 Å². The molecule has 204 valence electrons. The van der Waals surface area contributed by atoms with E-state index >= 15 is 0 Å². The van der Waals surface area contributed by atoms with E-state index in [0.29, 0.717) is 11.4 Å². The number of anilines is 1. The first-order valence-corrected chi connectivity index (χ1v) is 14.0. The molecule has 2 aromatic rings. The minimum atomic E-state index is -3.68. The topological polar surface area (TPSA) is 96.0 Å². The summed E-state index contributed by atoms with van der Waals surface area (Å²) in [5.74, 6) is -0.854. The van der Waals surface area contributed by atoms with Crippen molar-refractivity contribution in [2.24, 2.45) is 0 Å². The highest BCUT2D eigenvalue weighted by Crippen LogP contribution is 2.30. The Balaban J connectivity index is 2.22. The summed E-state index contributed by atoms with van der Waals surface area (Å²) in [5.41, 5.74) is 0.0898. The van der Waals surface area contributed by atoms with Crippen LogP contribution < -0.4 is 14.4 Å². The van der Waals surface area contributed by atoms with Gasteiger partial charge in [-0.15, -0.1) is 0 Å². The molecule has 0 saturated carbocycles. The van der Waals surface area contributed by atoms with Gasteiger partial charge in [0.15, 0.2) is 0 Å². The Labute approximate surface area is 223 Å². The van der Waals surface area contributed by atoms with Crippen molar-refractivity contribution < 1.29 is 27.1 Å². The first-order chi connectivity index (χ1) is 17.1. The number of carbonyl (C=O) groups excluding carboxylic acids is 2. The highest BCUT2D eigenvalue weighted by molar-refractivity contribution is 7.92. The van der Waals surface area contributed by atoms with Crippen molar-refractivity contribution in [3.8, 4) is 5.75 Å². The summed E-state index contributed by atoms with van der Waals surface area (Å²) >= 11 is 6.17. The van der Waals surface area contributed by atoms with Crippen molar-refractivity contribution in [3.63, 3.8) is 0 Å².